The van der Waals surface area contributed by atoms with Gasteiger partial charge in [-0.05, 0) is 29.5 Å². The van der Waals surface area contributed by atoms with Gasteiger partial charge in [0.2, 0.25) is 11.8 Å². The van der Waals surface area contributed by atoms with Crippen LogP contribution >= 0.6 is 11.8 Å². The Hall–Kier alpha value is -2.28. The number of aromatic hydroxyl groups is 1. The Morgan fingerprint density at radius 3 is 2.36 bits per heavy atom. The maximum Gasteiger partial charge on any atom is 0.258 e. The number of amides is 1. The van der Waals surface area contributed by atoms with Gasteiger partial charge < -0.3 is 15.4 Å². The van der Waals surface area contributed by atoms with E-state index in [1.807, 2.05) is 24.3 Å². The third-order valence-electron chi connectivity index (χ3n) is 3.69. The molecule has 0 radical (unpaired) electrons. The Balaban J connectivity index is 1.97. The number of carbonyl (C=O) groups excluding carboxylic acids is 1. The van der Waals surface area contributed by atoms with Gasteiger partial charge in [-0.25, -0.2) is 0 Å². The second kappa shape index (κ2) is 8.20. The SMILES string of the molecule is CC(C)c1ccc(NC(=O)CSc2nc(O)c(C(C)C)c(=O)[nH]2)cc1. The Bertz CT molecular complexity index is 798. The summed E-state index contributed by atoms with van der Waals surface area (Å²) in [5.41, 5.74) is 1.79. The maximum atomic E-state index is 12.0. The first-order chi connectivity index (χ1) is 11.8. The van der Waals surface area contributed by atoms with Crippen molar-refractivity contribution in [1.82, 2.24) is 9.97 Å². The highest BCUT2D eigenvalue weighted by molar-refractivity contribution is 7.99. The molecular formula is C18H23N3O3S. The van der Waals surface area contributed by atoms with Crippen LogP contribution in [0.1, 0.15) is 50.7 Å². The highest BCUT2D eigenvalue weighted by atomic mass is 32.2. The van der Waals surface area contributed by atoms with Crippen LogP contribution in [0.5, 0.6) is 5.88 Å². The molecule has 1 heterocycles. The maximum absolute atomic E-state index is 12.0. The van der Waals surface area contributed by atoms with E-state index in [1.54, 1.807) is 13.8 Å². The van der Waals surface area contributed by atoms with E-state index in [2.05, 4.69) is 29.1 Å². The predicted octanol–water partition coefficient (Wildman–Crippen LogP) is 3.45. The topological polar surface area (TPSA) is 95.1 Å². The second-order valence-corrected chi connectivity index (χ2v) is 7.34. The molecule has 0 aliphatic rings. The fourth-order valence-corrected chi connectivity index (χ4v) is 2.98. The fourth-order valence-electron chi connectivity index (χ4n) is 2.32. The van der Waals surface area contributed by atoms with Crippen molar-refractivity contribution in [1.29, 1.82) is 0 Å². The number of nitrogens with one attached hydrogen (secondary N) is 2. The van der Waals surface area contributed by atoms with Crippen molar-refractivity contribution in [3.63, 3.8) is 0 Å². The average Bonchev–Trinajstić information content (AvgIpc) is 2.52. The van der Waals surface area contributed by atoms with Crippen LogP contribution in [-0.4, -0.2) is 26.7 Å². The minimum Gasteiger partial charge on any atom is -0.493 e. The van der Waals surface area contributed by atoms with Gasteiger partial charge in [-0.2, -0.15) is 4.98 Å². The van der Waals surface area contributed by atoms with E-state index in [-0.39, 0.29) is 39.7 Å². The molecule has 7 heteroatoms. The lowest BCUT2D eigenvalue weighted by Gasteiger charge is -2.09. The summed E-state index contributed by atoms with van der Waals surface area (Å²) in [6, 6.07) is 7.69. The number of aromatic amines is 1. The van der Waals surface area contributed by atoms with Crippen molar-refractivity contribution >= 4 is 23.4 Å². The first-order valence-electron chi connectivity index (χ1n) is 8.13. The minimum absolute atomic E-state index is 0.0787. The molecule has 1 amide bonds. The van der Waals surface area contributed by atoms with Gasteiger partial charge in [0.05, 0.1) is 11.3 Å². The van der Waals surface area contributed by atoms with Crippen LogP contribution in [0.3, 0.4) is 0 Å². The van der Waals surface area contributed by atoms with Crippen molar-refractivity contribution in [2.24, 2.45) is 0 Å². The Labute approximate surface area is 151 Å². The lowest BCUT2D eigenvalue weighted by atomic mass is 10.0. The number of benzene rings is 1. The van der Waals surface area contributed by atoms with Crippen LogP contribution in [0.15, 0.2) is 34.2 Å². The lowest BCUT2D eigenvalue weighted by Crippen LogP contribution is -2.18. The van der Waals surface area contributed by atoms with Crippen molar-refractivity contribution in [3.8, 4) is 5.88 Å². The molecule has 2 rings (SSSR count). The van der Waals surface area contributed by atoms with Crippen LogP contribution in [0.2, 0.25) is 0 Å². The van der Waals surface area contributed by atoms with Crippen LogP contribution in [0, 0.1) is 0 Å². The molecule has 0 bridgehead atoms. The number of rotatable bonds is 6. The molecule has 0 aliphatic heterocycles. The van der Waals surface area contributed by atoms with Gasteiger partial charge >= 0.3 is 0 Å². The molecule has 0 saturated carbocycles. The van der Waals surface area contributed by atoms with Gasteiger partial charge in [-0.3, -0.25) is 9.59 Å². The first kappa shape index (κ1) is 19.1. The molecular weight excluding hydrogens is 338 g/mol. The average molecular weight is 361 g/mol. The molecule has 2 aromatic rings. The molecule has 25 heavy (non-hydrogen) atoms. The number of hydrogen-bond acceptors (Lipinski definition) is 5. The monoisotopic (exact) mass is 361 g/mol. The molecule has 3 N–H and O–H groups in total. The van der Waals surface area contributed by atoms with E-state index >= 15 is 0 Å². The van der Waals surface area contributed by atoms with E-state index in [4.69, 9.17) is 0 Å². The summed E-state index contributed by atoms with van der Waals surface area (Å²) in [4.78, 5) is 30.5. The molecule has 0 aliphatic carbocycles. The zero-order valence-corrected chi connectivity index (χ0v) is 15.6. The minimum atomic E-state index is -0.380. The lowest BCUT2D eigenvalue weighted by molar-refractivity contribution is -0.113. The van der Waals surface area contributed by atoms with Crippen LogP contribution < -0.4 is 10.9 Å². The third kappa shape index (κ3) is 5.09. The van der Waals surface area contributed by atoms with Gasteiger partial charge in [0, 0.05) is 5.69 Å². The predicted molar refractivity (Wildman–Crippen MR) is 100 cm³/mol. The summed E-state index contributed by atoms with van der Waals surface area (Å²) in [5, 5.41) is 12.9. The molecule has 0 fully saturated rings. The number of thioether (sulfide) groups is 1. The summed E-state index contributed by atoms with van der Waals surface area (Å²) >= 11 is 1.07. The third-order valence-corrected chi connectivity index (χ3v) is 4.57. The van der Waals surface area contributed by atoms with Gasteiger partial charge in [0.1, 0.15) is 0 Å². The Morgan fingerprint density at radius 1 is 1.20 bits per heavy atom. The summed E-state index contributed by atoms with van der Waals surface area (Å²) in [6.07, 6.45) is 0. The van der Waals surface area contributed by atoms with Crippen LogP contribution in [0.25, 0.3) is 0 Å². The Kier molecular flexibility index (Phi) is 6.25. The zero-order chi connectivity index (χ0) is 18.6. The smallest absolute Gasteiger partial charge is 0.258 e. The molecule has 1 aromatic heterocycles. The number of anilines is 1. The van der Waals surface area contributed by atoms with Gasteiger partial charge in [0.25, 0.3) is 5.56 Å². The molecule has 0 atom stereocenters. The number of hydrogen-bond donors (Lipinski definition) is 3. The molecule has 6 nitrogen and oxygen atoms in total. The quantitative estimate of drug-likeness (QED) is 0.541. The number of carbonyl (C=O) groups is 1. The van der Waals surface area contributed by atoms with Crippen molar-refractivity contribution in [3.05, 3.63) is 45.7 Å². The summed E-state index contributed by atoms with van der Waals surface area (Å²) in [7, 11) is 0. The van der Waals surface area contributed by atoms with E-state index in [9.17, 15) is 14.7 Å². The first-order valence-corrected chi connectivity index (χ1v) is 9.12. The fraction of sp³-hybridized carbons (Fsp3) is 0.389. The normalized spacial score (nSPS) is 11.1. The number of aromatic nitrogens is 2. The van der Waals surface area contributed by atoms with Gasteiger partial charge in [-0.15, -0.1) is 0 Å². The van der Waals surface area contributed by atoms with Crippen molar-refractivity contribution in [2.45, 2.75) is 44.7 Å². The largest absolute Gasteiger partial charge is 0.493 e. The van der Waals surface area contributed by atoms with E-state index in [0.717, 1.165) is 17.4 Å². The number of nitrogens with zero attached hydrogens (tertiary/aromatic N) is 1. The summed E-state index contributed by atoms with van der Waals surface area (Å²) in [6.45, 7) is 7.82. The standard InChI is InChI=1S/C18H23N3O3S/c1-10(2)12-5-7-13(8-6-12)19-14(22)9-25-18-20-16(23)15(11(3)4)17(24)21-18/h5-8,10-11H,9H2,1-4H3,(H,19,22)(H2,20,21,23,24). The molecule has 0 unspecified atom stereocenters. The summed E-state index contributed by atoms with van der Waals surface area (Å²) < 4.78 is 0. The van der Waals surface area contributed by atoms with E-state index < -0.39 is 0 Å². The molecule has 0 saturated heterocycles. The highest BCUT2D eigenvalue weighted by Gasteiger charge is 2.15. The van der Waals surface area contributed by atoms with E-state index in [0.29, 0.717) is 5.92 Å². The van der Waals surface area contributed by atoms with Crippen molar-refractivity contribution < 1.29 is 9.90 Å². The highest BCUT2D eigenvalue weighted by Crippen LogP contribution is 2.22. The second-order valence-electron chi connectivity index (χ2n) is 6.38. The van der Waals surface area contributed by atoms with Gasteiger partial charge in [-0.1, -0.05) is 51.6 Å². The van der Waals surface area contributed by atoms with Crippen LogP contribution in [-0.2, 0) is 4.79 Å². The van der Waals surface area contributed by atoms with Gasteiger partial charge in [0.15, 0.2) is 5.16 Å². The molecule has 134 valence electrons. The van der Waals surface area contributed by atoms with E-state index in [1.165, 1.54) is 5.56 Å². The Morgan fingerprint density at radius 2 is 1.84 bits per heavy atom. The summed E-state index contributed by atoms with van der Waals surface area (Å²) in [5.74, 6) is -0.115. The number of H-pyrrole nitrogens is 1. The zero-order valence-electron chi connectivity index (χ0n) is 14.8. The molecule has 0 spiro atoms. The van der Waals surface area contributed by atoms with Crippen molar-refractivity contribution in [2.75, 3.05) is 11.1 Å². The molecule has 1 aromatic carbocycles. The van der Waals surface area contributed by atoms with Crippen LogP contribution in [0.4, 0.5) is 5.69 Å².